The van der Waals surface area contributed by atoms with E-state index >= 15 is 0 Å². The second-order valence-electron chi connectivity index (χ2n) is 4.15. The first-order valence-electron chi connectivity index (χ1n) is 5.91. The van der Waals surface area contributed by atoms with Crippen molar-refractivity contribution < 1.29 is 19.2 Å². The van der Waals surface area contributed by atoms with E-state index in [2.05, 4.69) is 0 Å². The average molecular weight is 269 g/mol. The molecule has 0 aliphatic carbocycles. The molecule has 0 atom stereocenters. The maximum Gasteiger partial charge on any atom is 0.258 e. The van der Waals surface area contributed by atoms with Crippen molar-refractivity contribution in [3.63, 3.8) is 0 Å². The van der Waals surface area contributed by atoms with Gasteiger partial charge in [0.25, 0.3) is 11.8 Å². The van der Waals surface area contributed by atoms with E-state index in [0.29, 0.717) is 17.5 Å². The molecule has 5 nitrogen and oxygen atoms in total. The Bertz CT molecular complexity index is 625. The number of hydrogen-bond acceptors (Lipinski definition) is 4. The lowest BCUT2D eigenvalue weighted by Crippen LogP contribution is -2.29. The SMILES string of the molecule is O=C/C=C\C(=O)Cc1cccc(N2C(=O)C=CC2=O)c1. The van der Waals surface area contributed by atoms with Gasteiger partial charge in [0.05, 0.1) is 5.69 Å². The van der Waals surface area contributed by atoms with Crippen molar-refractivity contribution in [2.24, 2.45) is 0 Å². The summed E-state index contributed by atoms with van der Waals surface area (Å²) < 4.78 is 0. The van der Waals surface area contributed by atoms with Crippen molar-refractivity contribution in [3.8, 4) is 0 Å². The monoisotopic (exact) mass is 269 g/mol. The second-order valence-corrected chi connectivity index (χ2v) is 4.15. The minimum atomic E-state index is -0.403. The summed E-state index contributed by atoms with van der Waals surface area (Å²) in [7, 11) is 0. The van der Waals surface area contributed by atoms with Gasteiger partial charge in [-0.2, -0.15) is 0 Å². The highest BCUT2D eigenvalue weighted by Crippen LogP contribution is 2.20. The predicted molar refractivity (Wildman–Crippen MR) is 72.0 cm³/mol. The fraction of sp³-hybridized carbons (Fsp3) is 0.0667. The van der Waals surface area contributed by atoms with E-state index in [1.807, 2.05) is 0 Å². The van der Waals surface area contributed by atoms with Crippen LogP contribution in [0.15, 0.2) is 48.6 Å². The van der Waals surface area contributed by atoms with Crippen molar-refractivity contribution in [2.45, 2.75) is 6.42 Å². The third-order valence-electron chi connectivity index (χ3n) is 2.72. The molecule has 1 heterocycles. The Balaban J connectivity index is 2.18. The molecular formula is C15H11NO4. The van der Waals surface area contributed by atoms with Crippen molar-refractivity contribution in [1.29, 1.82) is 0 Å². The number of imide groups is 1. The van der Waals surface area contributed by atoms with Crippen LogP contribution in [-0.2, 0) is 25.6 Å². The first-order chi connectivity index (χ1) is 9.61. The molecule has 0 radical (unpaired) electrons. The molecule has 0 spiro atoms. The van der Waals surface area contributed by atoms with Crippen molar-refractivity contribution in [2.75, 3.05) is 4.90 Å². The molecule has 0 fully saturated rings. The summed E-state index contributed by atoms with van der Waals surface area (Å²) in [5, 5.41) is 0. The van der Waals surface area contributed by atoms with E-state index in [9.17, 15) is 19.2 Å². The lowest BCUT2D eigenvalue weighted by atomic mass is 10.1. The Labute approximate surface area is 115 Å². The number of carbonyl (C=O) groups excluding carboxylic acids is 4. The van der Waals surface area contributed by atoms with Crippen molar-refractivity contribution in [1.82, 2.24) is 0 Å². The van der Waals surface area contributed by atoms with Gasteiger partial charge in [-0.3, -0.25) is 19.2 Å². The van der Waals surface area contributed by atoms with E-state index in [1.165, 1.54) is 18.2 Å². The number of aldehydes is 1. The molecular weight excluding hydrogens is 258 g/mol. The van der Waals surface area contributed by atoms with E-state index in [4.69, 9.17) is 0 Å². The number of hydrogen-bond donors (Lipinski definition) is 0. The van der Waals surface area contributed by atoms with Crippen LogP contribution in [-0.4, -0.2) is 23.9 Å². The fourth-order valence-electron chi connectivity index (χ4n) is 1.87. The predicted octanol–water partition coefficient (Wildman–Crippen LogP) is 0.983. The molecule has 5 heteroatoms. The first-order valence-corrected chi connectivity index (χ1v) is 5.91. The topological polar surface area (TPSA) is 71.5 Å². The van der Waals surface area contributed by atoms with Crippen LogP contribution in [0, 0.1) is 0 Å². The molecule has 1 aliphatic rings. The van der Waals surface area contributed by atoms with E-state index in [0.717, 1.165) is 11.0 Å². The maximum atomic E-state index is 11.6. The van der Waals surface area contributed by atoms with Gasteiger partial charge in [0.15, 0.2) is 5.78 Å². The van der Waals surface area contributed by atoms with Gasteiger partial charge in [-0.15, -0.1) is 0 Å². The summed E-state index contributed by atoms with van der Waals surface area (Å²) in [5.74, 6) is -1.04. The number of benzene rings is 1. The largest absolute Gasteiger partial charge is 0.299 e. The van der Waals surface area contributed by atoms with Crippen LogP contribution in [0.1, 0.15) is 5.56 Å². The van der Waals surface area contributed by atoms with Gasteiger partial charge in [-0.05, 0) is 29.8 Å². The number of nitrogens with zero attached hydrogens (tertiary/aromatic N) is 1. The highest BCUT2D eigenvalue weighted by Gasteiger charge is 2.25. The summed E-state index contributed by atoms with van der Waals surface area (Å²) in [6.07, 6.45) is 5.35. The third kappa shape index (κ3) is 2.95. The van der Waals surface area contributed by atoms with Crippen molar-refractivity contribution >= 4 is 29.6 Å². The van der Waals surface area contributed by atoms with Crippen LogP contribution >= 0.6 is 0 Å². The summed E-state index contributed by atoms with van der Waals surface area (Å²) in [5.41, 5.74) is 1.09. The number of rotatable bonds is 5. The molecule has 0 saturated carbocycles. The van der Waals surface area contributed by atoms with E-state index in [-0.39, 0.29) is 12.2 Å². The highest BCUT2D eigenvalue weighted by molar-refractivity contribution is 6.28. The second kappa shape index (κ2) is 5.88. The van der Waals surface area contributed by atoms with Gasteiger partial charge in [0, 0.05) is 18.6 Å². The van der Waals surface area contributed by atoms with Crippen LogP contribution < -0.4 is 4.90 Å². The minimum Gasteiger partial charge on any atom is -0.299 e. The van der Waals surface area contributed by atoms with Crippen LogP contribution in [0.4, 0.5) is 5.69 Å². The number of ketones is 1. The molecule has 1 aliphatic heterocycles. The van der Waals surface area contributed by atoms with Crippen molar-refractivity contribution in [3.05, 3.63) is 54.1 Å². The fourth-order valence-corrected chi connectivity index (χ4v) is 1.87. The number of carbonyl (C=O) groups is 4. The minimum absolute atomic E-state index is 0.0990. The van der Waals surface area contributed by atoms with Gasteiger partial charge in [0.2, 0.25) is 0 Å². The third-order valence-corrected chi connectivity index (χ3v) is 2.72. The molecule has 20 heavy (non-hydrogen) atoms. The molecule has 1 aromatic carbocycles. The Morgan fingerprint density at radius 2 is 1.85 bits per heavy atom. The summed E-state index contributed by atoms with van der Waals surface area (Å²) in [6.45, 7) is 0. The summed E-state index contributed by atoms with van der Waals surface area (Å²) in [6, 6.07) is 6.61. The smallest absolute Gasteiger partial charge is 0.258 e. The van der Waals surface area contributed by atoms with Gasteiger partial charge in [0.1, 0.15) is 6.29 Å². The highest BCUT2D eigenvalue weighted by atomic mass is 16.2. The zero-order valence-electron chi connectivity index (χ0n) is 10.5. The molecule has 2 rings (SSSR count). The van der Waals surface area contributed by atoms with Crippen LogP contribution in [0.3, 0.4) is 0 Å². The zero-order valence-corrected chi connectivity index (χ0v) is 10.5. The number of allylic oxidation sites excluding steroid dienone is 2. The Hall–Kier alpha value is -2.82. The lowest BCUT2D eigenvalue weighted by Gasteiger charge is -2.14. The van der Waals surface area contributed by atoms with E-state index in [1.54, 1.807) is 24.3 Å². The molecule has 2 amide bonds. The normalized spacial score (nSPS) is 14.3. The standard InChI is InChI=1S/C15H11NO4/c17-8-2-5-13(18)10-11-3-1-4-12(9-11)16-14(19)6-7-15(16)20/h1-9H,10H2/b5-2-. The van der Waals surface area contributed by atoms with Crippen LogP contribution in [0.2, 0.25) is 0 Å². The molecule has 0 N–H and O–H groups in total. The van der Waals surface area contributed by atoms with Gasteiger partial charge in [-0.1, -0.05) is 12.1 Å². The maximum absolute atomic E-state index is 11.6. The molecule has 0 unspecified atom stereocenters. The van der Waals surface area contributed by atoms with E-state index < -0.39 is 11.8 Å². The van der Waals surface area contributed by atoms with Gasteiger partial charge >= 0.3 is 0 Å². The summed E-state index contributed by atoms with van der Waals surface area (Å²) in [4.78, 5) is 45.8. The Morgan fingerprint density at radius 1 is 1.15 bits per heavy atom. The summed E-state index contributed by atoms with van der Waals surface area (Å²) >= 11 is 0. The Morgan fingerprint density at radius 3 is 2.50 bits per heavy atom. The molecule has 0 aromatic heterocycles. The first kappa shape index (κ1) is 13.6. The molecule has 0 bridgehead atoms. The molecule has 1 aromatic rings. The number of amides is 2. The van der Waals surface area contributed by atoms with Crippen LogP contribution in [0.5, 0.6) is 0 Å². The molecule has 0 saturated heterocycles. The Kier molecular flexibility index (Phi) is 4.00. The lowest BCUT2D eigenvalue weighted by molar-refractivity contribution is -0.120. The number of anilines is 1. The molecule has 100 valence electrons. The van der Waals surface area contributed by atoms with Gasteiger partial charge in [-0.25, -0.2) is 4.90 Å². The average Bonchev–Trinajstić information content (AvgIpc) is 2.76. The quantitative estimate of drug-likeness (QED) is 0.454. The zero-order chi connectivity index (χ0) is 14.5. The van der Waals surface area contributed by atoms with Crippen LogP contribution in [0.25, 0.3) is 0 Å². The van der Waals surface area contributed by atoms with Gasteiger partial charge < -0.3 is 0 Å².